The summed E-state index contributed by atoms with van der Waals surface area (Å²) in [6.07, 6.45) is 2.42. The lowest BCUT2D eigenvalue weighted by atomic mass is 10.0. The zero-order chi connectivity index (χ0) is 13.7. The molecule has 1 atom stereocenters. The van der Waals surface area contributed by atoms with Crippen molar-refractivity contribution in [3.63, 3.8) is 0 Å². The van der Waals surface area contributed by atoms with Crippen LogP contribution in [-0.2, 0) is 16.0 Å². The average Bonchev–Trinajstić information content (AvgIpc) is 3.04. The molecule has 1 aliphatic heterocycles. The highest BCUT2D eigenvalue weighted by atomic mass is 32.1. The number of nitrogens with one attached hydrogen (secondary N) is 1. The molecule has 1 aromatic rings. The van der Waals surface area contributed by atoms with Crippen LogP contribution in [0.5, 0.6) is 0 Å². The first-order valence-electron chi connectivity index (χ1n) is 6.45. The smallest absolute Gasteiger partial charge is 0.243 e. The second kappa shape index (κ2) is 6.68. The Morgan fingerprint density at radius 2 is 2.42 bits per heavy atom. The van der Waals surface area contributed by atoms with Crippen molar-refractivity contribution < 1.29 is 14.8 Å². The van der Waals surface area contributed by atoms with Gasteiger partial charge >= 0.3 is 0 Å². The van der Waals surface area contributed by atoms with E-state index in [-0.39, 0.29) is 18.2 Å². The molecule has 1 fully saturated rings. The fourth-order valence-corrected chi connectivity index (χ4v) is 3.05. The number of carbonyl (C=O) groups is 2. The fraction of sp³-hybridized carbons (Fsp3) is 0.538. The zero-order valence-corrected chi connectivity index (χ0v) is 11.5. The molecule has 2 heterocycles. The molecular weight excluding hydrogens is 264 g/mol. The number of rotatable bonds is 6. The Balaban J connectivity index is 1.76. The van der Waals surface area contributed by atoms with Crippen molar-refractivity contribution in [2.24, 2.45) is 5.92 Å². The lowest BCUT2D eigenvalue weighted by molar-refractivity contribution is -0.132. The van der Waals surface area contributed by atoms with Gasteiger partial charge in [0.15, 0.2) is 0 Å². The number of thiophene rings is 1. The molecule has 0 radical (unpaired) electrons. The molecule has 1 saturated heterocycles. The SMILES string of the molecule is O=C(CCC1CCN(CCc2cccs2)C1=O)NO. The molecule has 0 aliphatic carbocycles. The molecule has 6 heteroatoms. The molecule has 2 N–H and O–H groups in total. The standard InChI is InChI=1S/C13H18N2O3S/c16-12(14-18)4-3-10-5-7-15(13(10)17)8-6-11-2-1-9-19-11/h1-2,9-10,18H,3-8H2,(H,14,16). The van der Waals surface area contributed by atoms with Gasteiger partial charge in [-0.1, -0.05) is 6.07 Å². The topological polar surface area (TPSA) is 69.6 Å². The van der Waals surface area contributed by atoms with E-state index < -0.39 is 5.91 Å². The number of hydrogen-bond donors (Lipinski definition) is 2. The molecule has 0 aromatic carbocycles. The average molecular weight is 282 g/mol. The van der Waals surface area contributed by atoms with Crippen LogP contribution in [0.3, 0.4) is 0 Å². The quantitative estimate of drug-likeness (QED) is 0.612. The van der Waals surface area contributed by atoms with Gasteiger partial charge < -0.3 is 4.90 Å². The third-order valence-electron chi connectivity index (χ3n) is 3.46. The van der Waals surface area contributed by atoms with E-state index in [9.17, 15) is 9.59 Å². The zero-order valence-electron chi connectivity index (χ0n) is 10.7. The summed E-state index contributed by atoms with van der Waals surface area (Å²) in [7, 11) is 0. The van der Waals surface area contributed by atoms with Crippen LogP contribution in [0.2, 0.25) is 0 Å². The van der Waals surface area contributed by atoms with E-state index in [0.29, 0.717) is 6.42 Å². The number of hydroxylamine groups is 1. The normalized spacial score (nSPS) is 18.9. The summed E-state index contributed by atoms with van der Waals surface area (Å²) in [5.41, 5.74) is 1.60. The van der Waals surface area contributed by atoms with Crippen molar-refractivity contribution in [2.75, 3.05) is 13.1 Å². The lowest BCUT2D eigenvalue weighted by Crippen LogP contribution is -2.30. The van der Waals surface area contributed by atoms with Crippen molar-refractivity contribution in [2.45, 2.75) is 25.7 Å². The van der Waals surface area contributed by atoms with Crippen LogP contribution >= 0.6 is 11.3 Å². The van der Waals surface area contributed by atoms with Crippen LogP contribution < -0.4 is 5.48 Å². The summed E-state index contributed by atoms with van der Waals surface area (Å²) in [4.78, 5) is 26.2. The summed E-state index contributed by atoms with van der Waals surface area (Å²) >= 11 is 1.71. The molecule has 1 unspecified atom stereocenters. The number of hydrogen-bond acceptors (Lipinski definition) is 4. The molecule has 0 bridgehead atoms. The Morgan fingerprint density at radius 1 is 1.58 bits per heavy atom. The van der Waals surface area contributed by atoms with Crippen LogP contribution in [0, 0.1) is 5.92 Å². The Bertz CT molecular complexity index is 433. The molecule has 1 aliphatic rings. The van der Waals surface area contributed by atoms with E-state index in [1.54, 1.807) is 16.8 Å². The van der Waals surface area contributed by atoms with Crippen molar-refractivity contribution in [3.8, 4) is 0 Å². The first-order chi connectivity index (χ1) is 9.20. The van der Waals surface area contributed by atoms with Gasteiger partial charge in [-0.25, -0.2) is 5.48 Å². The first kappa shape index (κ1) is 14.0. The van der Waals surface area contributed by atoms with Gasteiger partial charge in [-0.15, -0.1) is 11.3 Å². The minimum Gasteiger partial charge on any atom is -0.342 e. The van der Waals surface area contributed by atoms with Gasteiger partial charge in [0.2, 0.25) is 11.8 Å². The van der Waals surface area contributed by atoms with Crippen LogP contribution in [0.25, 0.3) is 0 Å². The predicted octanol–water partition coefficient (Wildman–Crippen LogP) is 1.42. The van der Waals surface area contributed by atoms with Gasteiger partial charge in [-0.05, 0) is 30.7 Å². The van der Waals surface area contributed by atoms with E-state index >= 15 is 0 Å². The highest BCUT2D eigenvalue weighted by Gasteiger charge is 2.31. The van der Waals surface area contributed by atoms with E-state index in [1.807, 2.05) is 16.3 Å². The van der Waals surface area contributed by atoms with E-state index in [4.69, 9.17) is 5.21 Å². The molecule has 5 nitrogen and oxygen atoms in total. The third kappa shape index (κ3) is 3.78. The maximum Gasteiger partial charge on any atom is 0.243 e. The maximum absolute atomic E-state index is 12.1. The molecule has 0 saturated carbocycles. The molecule has 2 rings (SSSR count). The monoisotopic (exact) mass is 282 g/mol. The predicted molar refractivity (Wildman–Crippen MR) is 71.9 cm³/mol. The van der Waals surface area contributed by atoms with Crippen LogP contribution in [0.1, 0.15) is 24.1 Å². The summed E-state index contributed by atoms with van der Waals surface area (Å²) in [6.45, 7) is 1.53. The fourth-order valence-electron chi connectivity index (χ4n) is 2.35. The molecule has 104 valence electrons. The van der Waals surface area contributed by atoms with E-state index in [2.05, 4.69) is 6.07 Å². The number of nitrogens with zero attached hydrogens (tertiary/aromatic N) is 1. The number of amides is 2. The Hall–Kier alpha value is -1.40. The summed E-state index contributed by atoms with van der Waals surface area (Å²) in [6, 6.07) is 4.09. The second-order valence-corrected chi connectivity index (χ2v) is 5.75. The van der Waals surface area contributed by atoms with Crippen molar-refractivity contribution in [1.82, 2.24) is 10.4 Å². The lowest BCUT2D eigenvalue weighted by Gasteiger charge is -2.16. The summed E-state index contributed by atoms with van der Waals surface area (Å²) in [5, 5.41) is 10.5. The van der Waals surface area contributed by atoms with Crippen molar-refractivity contribution in [3.05, 3.63) is 22.4 Å². The van der Waals surface area contributed by atoms with Crippen molar-refractivity contribution in [1.29, 1.82) is 0 Å². The van der Waals surface area contributed by atoms with Crippen molar-refractivity contribution >= 4 is 23.2 Å². The van der Waals surface area contributed by atoms with Gasteiger partial charge in [-0.2, -0.15) is 0 Å². The molecule has 2 amide bonds. The highest BCUT2D eigenvalue weighted by Crippen LogP contribution is 2.23. The highest BCUT2D eigenvalue weighted by molar-refractivity contribution is 7.09. The summed E-state index contributed by atoms with van der Waals surface area (Å²) in [5.74, 6) is -0.354. The van der Waals surface area contributed by atoms with Gasteiger partial charge in [0, 0.05) is 30.3 Å². The summed E-state index contributed by atoms with van der Waals surface area (Å²) < 4.78 is 0. The molecule has 1 aromatic heterocycles. The van der Waals surface area contributed by atoms with Gasteiger partial charge in [0.05, 0.1) is 0 Å². The van der Waals surface area contributed by atoms with Crippen LogP contribution in [-0.4, -0.2) is 35.0 Å². The Morgan fingerprint density at radius 3 is 3.11 bits per heavy atom. The minimum absolute atomic E-state index is 0.0689. The Labute approximate surface area is 116 Å². The Kier molecular flexibility index (Phi) is 4.93. The molecule has 19 heavy (non-hydrogen) atoms. The first-order valence-corrected chi connectivity index (χ1v) is 7.33. The largest absolute Gasteiger partial charge is 0.342 e. The third-order valence-corrected chi connectivity index (χ3v) is 4.40. The number of likely N-dealkylation sites (tertiary alicyclic amines) is 1. The van der Waals surface area contributed by atoms with E-state index in [1.165, 1.54) is 4.88 Å². The van der Waals surface area contributed by atoms with Gasteiger partial charge in [0.25, 0.3) is 0 Å². The molecule has 0 spiro atoms. The van der Waals surface area contributed by atoms with Crippen LogP contribution in [0.15, 0.2) is 17.5 Å². The van der Waals surface area contributed by atoms with E-state index in [0.717, 1.165) is 25.9 Å². The molecular formula is C13H18N2O3S. The minimum atomic E-state index is -0.426. The maximum atomic E-state index is 12.1. The van der Waals surface area contributed by atoms with Crippen LogP contribution in [0.4, 0.5) is 0 Å². The number of carbonyl (C=O) groups excluding carboxylic acids is 2. The van der Waals surface area contributed by atoms with Gasteiger partial charge in [-0.3, -0.25) is 14.8 Å². The van der Waals surface area contributed by atoms with Gasteiger partial charge in [0.1, 0.15) is 0 Å². The second-order valence-electron chi connectivity index (χ2n) is 4.71.